The Kier molecular flexibility index (Phi) is 11.8. The van der Waals surface area contributed by atoms with Crippen LogP contribution in [0.3, 0.4) is 0 Å². The highest BCUT2D eigenvalue weighted by atomic mass is 127. The molecule has 3 rings (SSSR count). The van der Waals surface area contributed by atoms with Gasteiger partial charge in [-0.05, 0) is 37.6 Å². The van der Waals surface area contributed by atoms with Gasteiger partial charge in [-0.15, -0.1) is 24.0 Å². The molecule has 2 fully saturated rings. The Labute approximate surface area is 199 Å². The number of rotatable bonds is 8. The first-order valence-electron chi connectivity index (χ1n) is 11.0. The van der Waals surface area contributed by atoms with E-state index in [0.29, 0.717) is 0 Å². The van der Waals surface area contributed by atoms with Crippen LogP contribution in [0.4, 0.5) is 5.69 Å². The van der Waals surface area contributed by atoms with Crippen LogP contribution < -0.4 is 15.5 Å². The second-order valence-corrected chi connectivity index (χ2v) is 7.90. The predicted molar refractivity (Wildman–Crippen MR) is 136 cm³/mol. The number of piperazine rings is 1. The highest BCUT2D eigenvalue weighted by Gasteiger charge is 2.16. The summed E-state index contributed by atoms with van der Waals surface area (Å²) in [6.07, 6.45) is 1.13. The molecule has 2 aliphatic rings. The average molecular weight is 530 g/mol. The average Bonchev–Trinajstić information content (AvgIpc) is 2.76. The predicted octanol–water partition coefficient (Wildman–Crippen LogP) is 1.62. The number of nitrogens with one attached hydrogen (secondary N) is 2. The van der Waals surface area contributed by atoms with Gasteiger partial charge in [0.25, 0.3) is 0 Å². The van der Waals surface area contributed by atoms with Crippen molar-refractivity contribution in [2.45, 2.75) is 13.3 Å². The fourth-order valence-corrected chi connectivity index (χ4v) is 3.94. The van der Waals surface area contributed by atoms with Gasteiger partial charge in [0.2, 0.25) is 0 Å². The van der Waals surface area contributed by atoms with Crippen LogP contribution in [0, 0.1) is 6.92 Å². The molecule has 0 saturated carbocycles. The van der Waals surface area contributed by atoms with Crippen LogP contribution in [0.5, 0.6) is 0 Å². The van der Waals surface area contributed by atoms with Crippen molar-refractivity contribution in [3.05, 3.63) is 29.8 Å². The molecule has 0 spiro atoms. The smallest absolute Gasteiger partial charge is 0.191 e. The Hall–Kier alpha value is -1.10. The molecule has 7 nitrogen and oxygen atoms in total. The number of aryl methyl sites for hydroxylation is 1. The molecule has 2 saturated heterocycles. The third-order valence-corrected chi connectivity index (χ3v) is 5.73. The third-order valence-electron chi connectivity index (χ3n) is 5.73. The Balaban J connectivity index is 0.00000320. The lowest BCUT2D eigenvalue weighted by Gasteiger charge is -2.36. The first-order valence-corrected chi connectivity index (χ1v) is 11.0. The molecule has 2 aliphatic heterocycles. The molecular formula is C22H39IN6O. The summed E-state index contributed by atoms with van der Waals surface area (Å²) in [5.74, 6) is 0.905. The van der Waals surface area contributed by atoms with E-state index in [9.17, 15) is 0 Å². The van der Waals surface area contributed by atoms with E-state index in [4.69, 9.17) is 4.74 Å². The Morgan fingerprint density at radius 1 is 0.967 bits per heavy atom. The highest BCUT2D eigenvalue weighted by molar-refractivity contribution is 14.0. The number of hydrogen-bond acceptors (Lipinski definition) is 5. The first kappa shape index (κ1) is 25.2. The summed E-state index contributed by atoms with van der Waals surface area (Å²) in [6.45, 7) is 14.5. The number of morpholine rings is 1. The molecule has 30 heavy (non-hydrogen) atoms. The van der Waals surface area contributed by atoms with E-state index in [1.165, 1.54) is 11.3 Å². The van der Waals surface area contributed by atoms with E-state index >= 15 is 0 Å². The molecule has 0 amide bonds. The van der Waals surface area contributed by atoms with Crippen LogP contribution in [-0.2, 0) is 4.74 Å². The van der Waals surface area contributed by atoms with Crippen LogP contribution in [-0.4, -0.2) is 101 Å². The topological polar surface area (TPSA) is 55.4 Å². The summed E-state index contributed by atoms with van der Waals surface area (Å²) in [5, 5.41) is 6.87. The van der Waals surface area contributed by atoms with Crippen molar-refractivity contribution in [2.75, 3.05) is 90.6 Å². The molecular weight excluding hydrogens is 491 g/mol. The van der Waals surface area contributed by atoms with Gasteiger partial charge in [0.05, 0.1) is 13.2 Å². The van der Waals surface area contributed by atoms with Gasteiger partial charge in [0.1, 0.15) is 0 Å². The Bertz CT molecular complexity index is 630. The number of aliphatic imine (C=N–C) groups is 1. The van der Waals surface area contributed by atoms with Crippen molar-refractivity contribution in [3.63, 3.8) is 0 Å². The van der Waals surface area contributed by atoms with E-state index < -0.39 is 0 Å². The second kappa shape index (κ2) is 14.1. The van der Waals surface area contributed by atoms with E-state index in [0.717, 1.165) is 91.0 Å². The molecule has 0 radical (unpaired) electrons. The lowest BCUT2D eigenvalue weighted by Crippen LogP contribution is -2.47. The highest BCUT2D eigenvalue weighted by Crippen LogP contribution is 2.17. The summed E-state index contributed by atoms with van der Waals surface area (Å²) >= 11 is 0. The summed E-state index contributed by atoms with van der Waals surface area (Å²) in [7, 11) is 1.84. The van der Waals surface area contributed by atoms with Gasteiger partial charge < -0.3 is 20.3 Å². The largest absolute Gasteiger partial charge is 0.379 e. The van der Waals surface area contributed by atoms with Crippen LogP contribution >= 0.6 is 24.0 Å². The lowest BCUT2D eigenvalue weighted by atomic mass is 10.2. The van der Waals surface area contributed by atoms with Crippen molar-refractivity contribution < 1.29 is 4.74 Å². The standard InChI is InChI=1S/C22H38N6O.HI/c1-20-5-3-6-21(19-20)28-13-11-26(12-14-28)9-4-7-24-22(23-2)25-8-10-27-15-17-29-18-16-27;/h3,5-6,19H,4,7-18H2,1-2H3,(H2,23,24,25);1H. The minimum atomic E-state index is 0. The Morgan fingerprint density at radius 2 is 1.67 bits per heavy atom. The van der Waals surface area contributed by atoms with Gasteiger partial charge in [0, 0.05) is 71.6 Å². The zero-order valence-corrected chi connectivity index (χ0v) is 20.9. The van der Waals surface area contributed by atoms with E-state index in [1.807, 2.05) is 7.05 Å². The van der Waals surface area contributed by atoms with Crippen LogP contribution in [0.15, 0.2) is 29.3 Å². The maximum absolute atomic E-state index is 5.39. The maximum atomic E-state index is 5.39. The fourth-order valence-electron chi connectivity index (χ4n) is 3.94. The summed E-state index contributed by atoms with van der Waals surface area (Å²) in [4.78, 5) is 11.8. The van der Waals surface area contributed by atoms with Crippen molar-refractivity contribution >= 4 is 35.6 Å². The third kappa shape index (κ3) is 8.56. The first-order chi connectivity index (χ1) is 14.2. The molecule has 0 aliphatic carbocycles. The second-order valence-electron chi connectivity index (χ2n) is 7.90. The number of anilines is 1. The molecule has 0 unspecified atom stereocenters. The number of benzene rings is 1. The van der Waals surface area contributed by atoms with Crippen molar-refractivity contribution in [1.82, 2.24) is 20.4 Å². The number of ether oxygens (including phenoxy) is 1. The Morgan fingerprint density at radius 3 is 2.37 bits per heavy atom. The van der Waals surface area contributed by atoms with Crippen LogP contribution in [0.2, 0.25) is 0 Å². The minimum Gasteiger partial charge on any atom is -0.379 e. The van der Waals surface area contributed by atoms with Crippen LogP contribution in [0.25, 0.3) is 0 Å². The summed E-state index contributed by atoms with van der Waals surface area (Å²) in [5.41, 5.74) is 2.70. The molecule has 170 valence electrons. The fraction of sp³-hybridized carbons (Fsp3) is 0.682. The van der Waals surface area contributed by atoms with Gasteiger partial charge in [0.15, 0.2) is 5.96 Å². The molecule has 1 aromatic rings. The zero-order chi connectivity index (χ0) is 20.3. The van der Waals surface area contributed by atoms with Crippen molar-refractivity contribution in [2.24, 2.45) is 4.99 Å². The number of hydrogen-bond donors (Lipinski definition) is 2. The monoisotopic (exact) mass is 530 g/mol. The zero-order valence-electron chi connectivity index (χ0n) is 18.6. The molecule has 0 aromatic heterocycles. The van der Waals surface area contributed by atoms with Crippen molar-refractivity contribution in [3.8, 4) is 0 Å². The van der Waals surface area contributed by atoms with Gasteiger partial charge >= 0.3 is 0 Å². The normalized spacial score (nSPS) is 18.7. The lowest BCUT2D eigenvalue weighted by molar-refractivity contribution is 0.0389. The molecule has 2 N–H and O–H groups in total. The molecule has 2 heterocycles. The summed E-state index contributed by atoms with van der Waals surface area (Å²) in [6, 6.07) is 8.84. The van der Waals surface area contributed by atoms with Gasteiger partial charge in [-0.3, -0.25) is 14.8 Å². The number of nitrogens with zero attached hydrogens (tertiary/aromatic N) is 4. The van der Waals surface area contributed by atoms with Crippen molar-refractivity contribution in [1.29, 1.82) is 0 Å². The minimum absolute atomic E-state index is 0. The number of halogens is 1. The van der Waals surface area contributed by atoms with Gasteiger partial charge in [-0.1, -0.05) is 12.1 Å². The van der Waals surface area contributed by atoms with Gasteiger partial charge in [-0.2, -0.15) is 0 Å². The molecule has 0 atom stereocenters. The van der Waals surface area contributed by atoms with E-state index in [2.05, 4.69) is 61.5 Å². The molecule has 8 heteroatoms. The number of guanidine groups is 1. The summed E-state index contributed by atoms with van der Waals surface area (Å²) < 4.78 is 5.39. The maximum Gasteiger partial charge on any atom is 0.191 e. The van der Waals surface area contributed by atoms with E-state index in [-0.39, 0.29) is 24.0 Å². The quantitative estimate of drug-likeness (QED) is 0.231. The van der Waals surface area contributed by atoms with Gasteiger partial charge in [-0.25, -0.2) is 0 Å². The molecule has 0 bridgehead atoms. The SMILES string of the molecule is CN=C(NCCCN1CCN(c2cccc(C)c2)CC1)NCCN1CCOCC1.I. The van der Waals surface area contributed by atoms with Crippen LogP contribution in [0.1, 0.15) is 12.0 Å². The van der Waals surface area contributed by atoms with E-state index in [1.54, 1.807) is 0 Å². The molecule has 1 aromatic carbocycles.